The van der Waals surface area contributed by atoms with Gasteiger partial charge < -0.3 is 5.32 Å². The van der Waals surface area contributed by atoms with Crippen molar-refractivity contribution in [1.29, 1.82) is 0 Å². The van der Waals surface area contributed by atoms with Crippen LogP contribution in [0.1, 0.15) is 51.2 Å². The first-order valence-corrected chi connectivity index (χ1v) is 16.6. The maximum atomic E-state index is 13.2. The third-order valence-electron chi connectivity index (χ3n) is 8.27. The second kappa shape index (κ2) is 12.7. The van der Waals surface area contributed by atoms with Crippen LogP contribution >= 0.6 is 11.6 Å². The highest BCUT2D eigenvalue weighted by molar-refractivity contribution is 7.89. The molecule has 0 saturated carbocycles. The molecule has 43 heavy (non-hydrogen) atoms. The Hall–Kier alpha value is -3.40. The Labute approximate surface area is 260 Å². The normalized spacial score (nSPS) is 18.4. The highest BCUT2D eigenvalue weighted by Gasteiger charge is 2.37. The van der Waals surface area contributed by atoms with Crippen molar-refractivity contribution in [3.05, 3.63) is 88.9 Å². The van der Waals surface area contributed by atoms with Crippen molar-refractivity contribution in [3.63, 3.8) is 0 Å². The first kappa shape index (κ1) is 31.0. The van der Waals surface area contributed by atoms with Crippen LogP contribution in [-0.4, -0.2) is 43.7 Å². The lowest BCUT2D eigenvalue weighted by molar-refractivity contribution is 0.255. The molecule has 1 saturated heterocycles. The van der Waals surface area contributed by atoms with Gasteiger partial charge in [0.05, 0.1) is 16.6 Å². The van der Waals surface area contributed by atoms with Gasteiger partial charge in [0.25, 0.3) is 0 Å². The van der Waals surface area contributed by atoms with Gasteiger partial charge in [-0.3, -0.25) is 10.3 Å². The molecule has 3 aromatic carbocycles. The molecule has 3 aromatic rings. The number of nitrogens with one attached hydrogen (secondary N) is 2. The molecule has 1 fully saturated rings. The summed E-state index contributed by atoms with van der Waals surface area (Å²) in [5.41, 5.74) is 3.91. The number of hydrogen-bond donors (Lipinski definition) is 2. The molecule has 0 aliphatic carbocycles. The summed E-state index contributed by atoms with van der Waals surface area (Å²) in [4.78, 5) is 13.4. The van der Waals surface area contributed by atoms with E-state index in [9.17, 15) is 13.2 Å². The van der Waals surface area contributed by atoms with E-state index in [2.05, 4.69) is 62.6 Å². The average molecular weight is 622 g/mol. The predicted octanol–water partition coefficient (Wildman–Crippen LogP) is 7.05. The molecule has 0 aromatic heterocycles. The zero-order valence-electron chi connectivity index (χ0n) is 25.2. The van der Waals surface area contributed by atoms with E-state index in [0.717, 1.165) is 36.2 Å². The standard InChI is InChI=1S/C33H40ClN5O3S/c1-23-9-13-27(14-10-23)39-30(33(2,3)4)22-31(37-39)36-32(40)35-29-8-6-5-7-25(29)21-24-17-19-38(20-18-24)43(41,42)28-15-11-26(34)12-16-28/h5-16,24,30H,17-22H2,1-4H3,(H2,35,36,37,40). The SMILES string of the molecule is Cc1ccc(N2N=C(NC(=O)Nc3ccccc3CC3CCN(S(=O)(=O)c4ccc(Cl)cc4)CC3)CC2C(C)(C)C)cc1. The average Bonchev–Trinajstić information content (AvgIpc) is 3.39. The number of benzene rings is 3. The number of aryl methyl sites for hydroxylation is 1. The van der Waals surface area contributed by atoms with Gasteiger partial charge in [0.1, 0.15) is 5.84 Å². The van der Waals surface area contributed by atoms with Crippen LogP contribution in [0.2, 0.25) is 5.02 Å². The molecule has 1 unspecified atom stereocenters. The maximum Gasteiger partial charge on any atom is 0.324 e. The Morgan fingerprint density at radius 3 is 2.26 bits per heavy atom. The fourth-order valence-electron chi connectivity index (χ4n) is 5.72. The smallest absolute Gasteiger partial charge is 0.307 e. The lowest BCUT2D eigenvalue weighted by atomic mass is 9.84. The number of carbonyl (C=O) groups is 1. The third-order valence-corrected chi connectivity index (χ3v) is 10.4. The first-order chi connectivity index (χ1) is 20.4. The summed E-state index contributed by atoms with van der Waals surface area (Å²) >= 11 is 5.94. The molecular formula is C33H40ClN5O3S. The summed E-state index contributed by atoms with van der Waals surface area (Å²) < 4.78 is 27.7. The number of para-hydroxylation sites is 1. The summed E-state index contributed by atoms with van der Waals surface area (Å²) in [5.74, 6) is 0.933. The van der Waals surface area contributed by atoms with Crippen LogP contribution in [0.25, 0.3) is 0 Å². The van der Waals surface area contributed by atoms with E-state index in [1.54, 1.807) is 28.6 Å². The molecule has 228 valence electrons. The molecule has 10 heteroatoms. The lowest BCUT2D eigenvalue weighted by Gasteiger charge is -2.34. The van der Waals surface area contributed by atoms with Crippen LogP contribution in [0.3, 0.4) is 0 Å². The molecule has 1 atom stereocenters. The molecule has 2 aliphatic heterocycles. The Bertz CT molecular complexity index is 1580. The molecule has 2 amide bonds. The number of anilines is 2. The van der Waals surface area contributed by atoms with Gasteiger partial charge in [-0.15, -0.1) is 0 Å². The monoisotopic (exact) mass is 621 g/mol. The van der Waals surface area contributed by atoms with E-state index in [-0.39, 0.29) is 22.4 Å². The van der Waals surface area contributed by atoms with Gasteiger partial charge in [-0.1, -0.05) is 68.3 Å². The number of rotatable bonds is 6. The van der Waals surface area contributed by atoms with Gasteiger partial charge in [0.2, 0.25) is 10.0 Å². The second-order valence-electron chi connectivity index (χ2n) is 12.6. The molecule has 0 radical (unpaired) electrons. The van der Waals surface area contributed by atoms with Gasteiger partial charge in [-0.25, -0.2) is 13.2 Å². The molecule has 8 nitrogen and oxygen atoms in total. The van der Waals surface area contributed by atoms with Crippen molar-refractivity contribution in [2.75, 3.05) is 23.4 Å². The van der Waals surface area contributed by atoms with E-state index in [1.165, 1.54) is 5.56 Å². The number of sulfonamides is 1. The molecular weight excluding hydrogens is 582 g/mol. The van der Waals surface area contributed by atoms with Gasteiger partial charge in [0.15, 0.2) is 0 Å². The van der Waals surface area contributed by atoms with Crippen LogP contribution in [-0.2, 0) is 16.4 Å². The molecule has 2 aliphatic rings. The second-order valence-corrected chi connectivity index (χ2v) is 14.9. The Morgan fingerprint density at radius 1 is 0.953 bits per heavy atom. The predicted molar refractivity (Wildman–Crippen MR) is 174 cm³/mol. The van der Waals surface area contributed by atoms with Crippen LogP contribution < -0.4 is 15.6 Å². The van der Waals surface area contributed by atoms with Gasteiger partial charge in [-0.05, 0) is 85.5 Å². The van der Waals surface area contributed by atoms with E-state index in [1.807, 2.05) is 29.3 Å². The molecule has 0 spiro atoms. The number of carbonyl (C=O) groups excluding carboxylic acids is 1. The highest BCUT2D eigenvalue weighted by atomic mass is 35.5. The summed E-state index contributed by atoms with van der Waals surface area (Å²) in [7, 11) is -3.55. The van der Waals surface area contributed by atoms with Crippen molar-refractivity contribution in [1.82, 2.24) is 9.62 Å². The number of halogens is 1. The quantitative estimate of drug-likeness (QED) is 0.308. The molecule has 0 bridgehead atoms. The molecule has 2 heterocycles. The number of hydrazone groups is 1. The summed E-state index contributed by atoms with van der Waals surface area (Å²) in [6.45, 7) is 9.53. The summed E-state index contributed by atoms with van der Waals surface area (Å²) in [6.07, 6.45) is 2.86. The van der Waals surface area contributed by atoms with Crippen molar-refractivity contribution in [2.45, 2.75) is 64.3 Å². The number of piperidine rings is 1. The summed E-state index contributed by atoms with van der Waals surface area (Å²) in [6, 6.07) is 22.2. The van der Waals surface area contributed by atoms with Crippen LogP contribution in [0.4, 0.5) is 16.2 Å². The first-order valence-electron chi connectivity index (χ1n) is 14.7. The van der Waals surface area contributed by atoms with Crippen molar-refractivity contribution < 1.29 is 13.2 Å². The van der Waals surface area contributed by atoms with Crippen LogP contribution in [0.5, 0.6) is 0 Å². The summed E-state index contributed by atoms with van der Waals surface area (Å²) in [5, 5.41) is 13.4. The van der Waals surface area contributed by atoms with Gasteiger partial charge in [-0.2, -0.15) is 9.41 Å². The number of amides is 2. The highest BCUT2D eigenvalue weighted by Crippen LogP contribution is 2.35. The number of nitrogens with zero attached hydrogens (tertiary/aromatic N) is 3. The minimum Gasteiger partial charge on any atom is -0.307 e. The van der Waals surface area contributed by atoms with E-state index >= 15 is 0 Å². The van der Waals surface area contributed by atoms with E-state index < -0.39 is 10.0 Å². The number of urea groups is 1. The van der Waals surface area contributed by atoms with Crippen LogP contribution in [0.15, 0.2) is 82.8 Å². The van der Waals surface area contributed by atoms with Crippen molar-refractivity contribution >= 4 is 44.9 Å². The van der Waals surface area contributed by atoms with Crippen LogP contribution in [0, 0.1) is 18.3 Å². The third kappa shape index (κ3) is 7.40. The largest absolute Gasteiger partial charge is 0.324 e. The lowest BCUT2D eigenvalue weighted by Crippen LogP contribution is -2.39. The Morgan fingerprint density at radius 2 is 1.60 bits per heavy atom. The Balaban J connectivity index is 1.20. The zero-order chi connectivity index (χ0) is 30.8. The van der Waals surface area contributed by atoms with Gasteiger partial charge in [0, 0.05) is 30.2 Å². The molecule has 2 N–H and O–H groups in total. The topological polar surface area (TPSA) is 94.1 Å². The molecule has 5 rings (SSSR count). The van der Waals surface area contributed by atoms with Crippen molar-refractivity contribution in [3.8, 4) is 0 Å². The fraction of sp³-hybridized carbons (Fsp3) is 0.394. The van der Waals surface area contributed by atoms with E-state index in [0.29, 0.717) is 36.3 Å². The zero-order valence-corrected chi connectivity index (χ0v) is 26.8. The minimum absolute atomic E-state index is 0.0510. The number of hydrogen-bond acceptors (Lipinski definition) is 5. The van der Waals surface area contributed by atoms with Gasteiger partial charge >= 0.3 is 6.03 Å². The minimum atomic E-state index is -3.55. The maximum absolute atomic E-state index is 13.2. The number of amidine groups is 1. The fourth-order valence-corrected chi connectivity index (χ4v) is 7.32. The van der Waals surface area contributed by atoms with Crippen molar-refractivity contribution in [2.24, 2.45) is 16.4 Å². The van der Waals surface area contributed by atoms with E-state index in [4.69, 9.17) is 16.7 Å². The Kier molecular flexibility index (Phi) is 9.15.